The van der Waals surface area contributed by atoms with Gasteiger partial charge in [0.25, 0.3) is 0 Å². The number of urea groups is 2. The molecule has 2 aliphatic carbocycles. The van der Waals surface area contributed by atoms with Crippen LogP contribution in [-0.2, 0) is 4.79 Å². The number of Topliss-reactive ketones (excluding diaryl/α,β-unsaturated/α-hetero) is 1. The summed E-state index contributed by atoms with van der Waals surface area (Å²) in [4.78, 5) is 44.9. The number of aliphatic hydroxyl groups excluding tert-OH is 1. The Hall–Kier alpha value is -6.76. The van der Waals surface area contributed by atoms with Gasteiger partial charge in [0.2, 0.25) is 22.9 Å². The lowest BCUT2D eigenvalue weighted by Gasteiger charge is -2.29. The van der Waals surface area contributed by atoms with E-state index in [0.717, 1.165) is 92.3 Å². The molecule has 2 unspecified atom stereocenters. The molecule has 5 aromatic carbocycles. The lowest BCUT2D eigenvalue weighted by Crippen LogP contribution is -2.38. The van der Waals surface area contributed by atoms with E-state index in [0.29, 0.717) is 47.4 Å². The number of unbranched alkanes of at least 4 members (excludes halogenated alkanes) is 1. The topological polar surface area (TPSA) is 126 Å². The predicted octanol–water partition coefficient (Wildman–Crippen LogP) is 16.7. The zero-order valence-corrected chi connectivity index (χ0v) is 49.5. The Bertz CT molecular complexity index is 2940. The van der Waals surface area contributed by atoms with Crippen LogP contribution < -0.4 is 30.7 Å². The molecule has 0 bridgehead atoms. The van der Waals surface area contributed by atoms with Crippen molar-refractivity contribution in [2.24, 2.45) is 11.8 Å². The van der Waals surface area contributed by atoms with Crippen LogP contribution in [0.5, 0.6) is 0 Å². The number of nitrogens with one attached hydrogen (secondary N) is 4. The number of ketones is 1. The molecule has 12 heteroatoms. The highest BCUT2D eigenvalue weighted by Crippen LogP contribution is 2.45. The second-order valence-electron chi connectivity index (χ2n) is 21.0. The van der Waals surface area contributed by atoms with Crippen molar-refractivity contribution in [2.75, 3.05) is 46.3 Å². The number of aliphatic hydroxyl groups is 1. The summed E-state index contributed by atoms with van der Waals surface area (Å²) in [6, 6.07) is 37.7. The van der Waals surface area contributed by atoms with Crippen molar-refractivity contribution in [1.29, 1.82) is 0 Å². The number of benzene rings is 5. The van der Waals surface area contributed by atoms with Gasteiger partial charge in [-0.2, -0.15) is 28.1 Å². The Morgan fingerprint density at radius 2 is 1.08 bits per heavy atom. The number of anilines is 4. The van der Waals surface area contributed by atoms with E-state index in [1.807, 2.05) is 47.8 Å². The van der Waals surface area contributed by atoms with E-state index in [2.05, 4.69) is 183 Å². The number of hydrogen-bond acceptors (Lipinski definition) is 7. The van der Waals surface area contributed by atoms with E-state index < -0.39 is 17.8 Å². The first kappa shape index (κ1) is 59.9. The first-order valence-corrected chi connectivity index (χ1v) is 30.9. The van der Waals surface area contributed by atoms with Gasteiger partial charge in [-0.25, -0.2) is 9.59 Å². The van der Waals surface area contributed by atoms with E-state index in [9.17, 15) is 19.5 Å². The fourth-order valence-electron chi connectivity index (χ4n) is 9.85. The second kappa shape index (κ2) is 30.0. The Labute approximate surface area is 479 Å². The van der Waals surface area contributed by atoms with E-state index >= 15 is 0 Å². The van der Waals surface area contributed by atoms with Crippen LogP contribution in [0.3, 0.4) is 0 Å². The zero-order chi connectivity index (χ0) is 56.3. The van der Waals surface area contributed by atoms with Gasteiger partial charge in [-0.05, 0) is 137 Å². The average Bonchev–Trinajstić information content (AvgIpc) is 3.65. The molecule has 10 nitrogen and oxygen atoms in total. The van der Waals surface area contributed by atoms with Crippen LogP contribution in [0.25, 0.3) is 5.57 Å². The molecule has 0 fully saturated rings. The van der Waals surface area contributed by atoms with Crippen molar-refractivity contribution in [1.82, 2.24) is 20.5 Å². The van der Waals surface area contributed by atoms with Crippen LogP contribution in [0.2, 0.25) is 0 Å². The number of allylic oxidation sites excluding steroid dienone is 5. The largest absolute Gasteiger partial charge is 0.506 e. The van der Waals surface area contributed by atoms with Crippen LogP contribution in [-0.4, -0.2) is 64.8 Å². The molecule has 2 atom stereocenters. The van der Waals surface area contributed by atoms with Crippen molar-refractivity contribution in [3.05, 3.63) is 184 Å². The summed E-state index contributed by atoms with van der Waals surface area (Å²) in [5.74, 6) is 4.88. The Balaban J connectivity index is 1.25. The maximum Gasteiger partial charge on any atom is 0.319 e. The maximum atomic E-state index is 14.9. The van der Waals surface area contributed by atoms with Crippen LogP contribution in [0.15, 0.2) is 156 Å². The maximum absolute atomic E-state index is 14.9. The van der Waals surface area contributed by atoms with Crippen LogP contribution in [0, 0.1) is 39.5 Å². The molecule has 0 spiro atoms. The molecular formula is C67H83N6O4S2+. The summed E-state index contributed by atoms with van der Waals surface area (Å²) in [6.45, 7) is 18.2. The minimum Gasteiger partial charge on any atom is -0.506 e. The van der Waals surface area contributed by atoms with E-state index in [-0.39, 0.29) is 16.9 Å². The summed E-state index contributed by atoms with van der Waals surface area (Å²) in [6.07, 6.45) is 15.7. The van der Waals surface area contributed by atoms with E-state index in [4.69, 9.17) is 0 Å². The Morgan fingerprint density at radius 1 is 0.582 bits per heavy atom. The summed E-state index contributed by atoms with van der Waals surface area (Å²) in [7, 11) is 0. The number of carbonyl (C=O) groups excluding carboxylic acids is 3. The number of nitrogens with zero attached hydrogens (tertiary/aromatic N) is 2. The molecule has 5 aromatic rings. The number of hydrogen-bond donors (Lipinski definition) is 5. The molecule has 0 aromatic heterocycles. The number of aryl methyl sites for hydroxylation is 4. The van der Waals surface area contributed by atoms with Gasteiger partial charge in [0, 0.05) is 77.7 Å². The van der Waals surface area contributed by atoms with Crippen molar-refractivity contribution in [3.8, 4) is 0 Å². The van der Waals surface area contributed by atoms with Gasteiger partial charge in [-0.1, -0.05) is 131 Å². The summed E-state index contributed by atoms with van der Waals surface area (Å²) < 4.78 is 2.11. The van der Waals surface area contributed by atoms with Gasteiger partial charge in [-0.3, -0.25) is 4.79 Å². The average molecular weight is 1100 g/mol. The Kier molecular flexibility index (Phi) is 22.7. The molecule has 0 heterocycles. The smallest absolute Gasteiger partial charge is 0.319 e. The van der Waals surface area contributed by atoms with Crippen molar-refractivity contribution >= 4 is 86.8 Å². The molecule has 0 radical (unpaired) electrons. The predicted molar refractivity (Wildman–Crippen MR) is 338 cm³/mol. The van der Waals surface area contributed by atoms with Gasteiger partial charge < -0.3 is 31.3 Å². The molecule has 4 amide bonds. The fourth-order valence-corrected chi connectivity index (χ4v) is 12.4. The number of amides is 4. The van der Waals surface area contributed by atoms with Crippen molar-refractivity contribution < 1.29 is 19.5 Å². The minimum absolute atomic E-state index is 0.0703. The molecular weight excluding hydrogens is 1020 g/mol. The number of rotatable bonds is 27. The highest BCUT2D eigenvalue weighted by atomic mass is 32.2. The van der Waals surface area contributed by atoms with Gasteiger partial charge >= 0.3 is 12.1 Å². The third-order valence-electron chi connectivity index (χ3n) is 14.7. The highest BCUT2D eigenvalue weighted by Gasteiger charge is 2.40. The molecule has 5 N–H and O–H groups in total. The lowest BCUT2D eigenvalue weighted by atomic mass is 9.78. The third kappa shape index (κ3) is 16.4. The van der Waals surface area contributed by atoms with Crippen LogP contribution >= 0.6 is 23.5 Å². The zero-order valence-electron chi connectivity index (χ0n) is 47.8. The number of carbonyl (C=O) groups is 3. The third-order valence-corrected chi connectivity index (χ3v) is 17.2. The summed E-state index contributed by atoms with van der Waals surface area (Å²) in [5, 5.41) is 24.6. The summed E-state index contributed by atoms with van der Waals surface area (Å²) >= 11 is 3.88. The standard InChI is InChI=1S/C67H82N6O4S2/c1-9-13-17-51(12-4)45-79-41-15-39-69-67(77)71-61-43-57(73(54-30-22-48(7)23-31-54)55-32-24-49(8)25-33-55)35-37-59(61)63-64(74)62(65(63)75)58-36-34-56(72(52-26-18-46(5)19-27-52)53-28-20-47(6)21-29-53)42-60(58)70-66(76)68-38-14-40-78-44-50(11-3)16-10-2/h18-37,42-43,50-51H,9-17,38-41,44-45H2,1-8H3,(H4,68,69,70,71,74,75,76,77)/p+1. The fraction of sp³-hybridized carbons (Fsp3) is 0.373. The van der Waals surface area contributed by atoms with Crippen LogP contribution in [0.1, 0.15) is 113 Å². The van der Waals surface area contributed by atoms with E-state index in [1.165, 1.54) is 44.9 Å². The monoisotopic (exact) mass is 1100 g/mol. The van der Waals surface area contributed by atoms with Crippen molar-refractivity contribution in [3.63, 3.8) is 0 Å². The molecule has 0 aliphatic heterocycles. The molecule has 2 aliphatic rings. The molecule has 7 rings (SSSR count). The Morgan fingerprint density at radius 3 is 1.57 bits per heavy atom. The SMILES string of the molecule is CCCCC(CC)CSCCCNC(=O)NC1=CC(=[N+](c2ccc(C)cc2)c2ccc(C)cc2)C=CC1=C1C(=O)C(c2ccc(N(c3ccc(C)cc3)c3ccc(C)cc3)cc2NC(=O)NCCCSCC(CC)CCC)=C1O. The van der Waals surface area contributed by atoms with Crippen molar-refractivity contribution in [2.45, 2.75) is 113 Å². The molecule has 79 heavy (non-hydrogen) atoms. The van der Waals surface area contributed by atoms with Gasteiger partial charge in [0.15, 0.2) is 0 Å². The normalized spacial score (nSPS) is 14.8. The summed E-state index contributed by atoms with van der Waals surface area (Å²) in [5.41, 5.74) is 11.2. The van der Waals surface area contributed by atoms with E-state index in [1.54, 1.807) is 12.1 Å². The molecule has 416 valence electrons. The molecule has 0 saturated carbocycles. The molecule has 0 saturated heterocycles. The second-order valence-corrected chi connectivity index (χ2v) is 23.3. The highest BCUT2D eigenvalue weighted by molar-refractivity contribution is 7.99. The minimum atomic E-state index is -0.417. The van der Waals surface area contributed by atoms with Gasteiger partial charge in [-0.15, -0.1) is 0 Å². The van der Waals surface area contributed by atoms with Gasteiger partial charge in [0.1, 0.15) is 5.76 Å². The van der Waals surface area contributed by atoms with Crippen LogP contribution in [0.4, 0.5) is 43.7 Å². The number of thioether (sulfide) groups is 2. The first-order chi connectivity index (χ1) is 38.3. The van der Waals surface area contributed by atoms with Gasteiger partial charge in [0.05, 0.1) is 22.5 Å². The lowest BCUT2D eigenvalue weighted by molar-refractivity contribution is -0.111. The first-order valence-electron chi connectivity index (χ1n) is 28.6. The quantitative estimate of drug-likeness (QED) is 0.0201.